The summed E-state index contributed by atoms with van der Waals surface area (Å²) in [7, 11) is -3.21. The lowest BCUT2D eigenvalue weighted by Gasteiger charge is -2.35. The number of hydrogen-bond donors (Lipinski definition) is 4. The van der Waals surface area contributed by atoms with Crippen LogP contribution in [0.5, 0.6) is 0 Å². The highest BCUT2D eigenvalue weighted by Crippen LogP contribution is 2.24. The fourth-order valence-electron chi connectivity index (χ4n) is 1.29. The molecule has 0 saturated carbocycles. The standard InChI is InChI=1S/C6H13BO3.BH3O3/c1-5-4-6(2,3)10-7(8)9-5;2-1(3)4/h5,8H,4H2,1-3H3;2-4H. The Morgan fingerprint density at radius 2 is 1.79 bits per heavy atom. The fourth-order valence-corrected chi connectivity index (χ4v) is 1.29. The van der Waals surface area contributed by atoms with Gasteiger partial charge in [-0.1, -0.05) is 0 Å². The fraction of sp³-hybridized carbons (Fsp3) is 1.00. The molecule has 6 nitrogen and oxygen atoms in total. The second kappa shape index (κ2) is 5.69. The van der Waals surface area contributed by atoms with E-state index in [4.69, 9.17) is 29.4 Å². The second-order valence-corrected chi connectivity index (χ2v) is 3.68. The lowest BCUT2D eigenvalue weighted by atomic mass is 9.95. The summed E-state index contributed by atoms with van der Waals surface area (Å²) in [5.41, 5.74) is -0.253. The van der Waals surface area contributed by atoms with E-state index in [0.29, 0.717) is 0 Å². The van der Waals surface area contributed by atoms with Crippen molar-refractivity contribution in [3.63, 3.8) is 0 Å². The molecular formula is C6H16B2O6. The predicted octanol–water partition coefficient (Wildman–Crippen LogP) is -1.48. The third kappa shape index (κ3) is 7.31. The molecule has 0 radical (unpaired) electrons. The minimum atomic E-state index is -2.17. The monoisotopic (exact) mass is 206 g/mol. The molecule has 0 aliphatic carbocycles. The van der Waals surface area contributed by atoms with Gasteiger partial charge in [0, 0.05) is 6.10 Å². The van der Waals surface area contributed by atoms with Crippen LogP contribution in [0.4, 0.5) is 0 Å². The van der Waals surface area contributed by atoms with E-state index in [1.165, 1.54) is 0 Å². The van der Waals surface area contributed by atoms with Gasteiger partial charge >= 0.3 is 14.6 Å². The van der Waals surface area contributed by atoms with Gasteiger partial charge in [-0.25, -0.2) is 0 Å². The third-order valence-corrected chi connectivity index (χ3v) is 1.55. The quantitative estimate of drug-likeness (QED) is 0.360. The van der Waals surface area contributed by atoms with Crippen LogP contribution in [0.15, 0.2) is 0 Å². The largest absolute Gasteiger partial charge is 0.637 e. The first kappa shape index (κ1) is 13.9. The van der Waals surface area contributed by atoms with Crippen LogP contribution in [0.2, 0.25) is 0 Å². The minimum absolute atomic E-state index is 0.0822. The van der Waals surface area contributed by atoms with Crippen LogP contribution in [0, 0.1) is 0 Å². The molecule has 0 bridgehead atoms. The van der Waals surface area contributed by atoms with E-state index < -0.39 is 14.6 Å². The van der Waals surface area contributed by atoms with Crippen LogP contribution in [0.1, 0.15) is 27.2 Å². The molecule has 0 aromatic carbocycles. The molecule has 8 heteroatoms. The Morgan fingerprint density at radius 3 is 2.07 bits per heavy atom. The maximum Gasteiger partial charge on any atom is 0.637 e. The molecule has 1 heterocycles. The maximum absolute atomic E-state index is 8.97. The molecule has 0 amide bonds. The van der Waals surface area contributed by atoms with Crippen LogP contribution in [0.3, 0.4) is 0 Å². The van der Waals surface area contributed by atoms with E-state index in [-0.39, 0.29) is 11.7 Å². The molecule has 82 valence electrons. The third-order valence-electron chi connectivity index (χ3n) is 1.55. The van der Waals surface area contributed by atoms with Crippen LogP contribution < -0.4 is 0 Å². The van der Waals surface area contributed by atoms with E-state index in [9.17, 15) is 0 Å². The van der Waals surface area contributed by atoms with Gasteiger partial charge in [0.15, 0.2) is 0 Å². The van der Waals surface area contributed by atoms with Crippen molar-refractivity contribution in [2.75, 3.05) is 0 Å². The Balaban J connectivity index is 0.000000364. The van der Waals surface area contributed by atoms with Gasteiger partial charge in [0.05, 0.1) is 5.60 Å². The summed E-state index contributed by atoms with van der Waals surface area (Å²) < 4.78 is 10.0. The molecule has 14 heavy (non-hydrogen) atoms. The normalized spacial score (nSPS) is 25.1. The van der Waals surface area contributed by atoms with Gasteiger partial charge in [0.25, 0.3) is 0 Å². The topological polar surface area (TPSA) is 99.4 Å². The van der Waals surface area contributed by atoms with Crippen molar-refractivity contribution in [2.24, 2.45) is 0 Å². The highest BCUT2D eigenvalue weighted by molar-refractivity contribution is 6.35. The van der Waals surface area contributed by atoms with E-state index in [0.717, 1.165) is 6.42 Å². The van der Waals surface area contributed by atoms with Crippen molar-refractivity contribution in [2.45, 2.75) is 38.9 Å². The van der Waals surface area contributed by atoms with Crippen LogP contribution >= 0.6 is 0 Å². The first-order valence-electron chi connectivity index (χ1n) is 4.28. The van der Waals surface area contributed by atoms with Gasteiger partial charge < -0.3 is 29.4 Å². The zero-order valence-corrected chi connectivity index (χ0v) is 8.54. The van der Waals surface area contributed by atoms with Crippen molar-refractivity contribution in [3.05, 3.63) is 0 Å². The van der Waals surface area contributed by atoms with Gasteiger partial charge in [-0.3, -0.25) is 0 Å². The van der Waals surface area contributed by atoms with Crippen molar-refractivity contribution in [1.82, 2.24) is 0 Å². The summed E-state index contributed by atoms with van der Waals surface area (Å²) in [6.07, 6.45) is 0.906. The first-order valence-corrected chi connectivity index (χ1v) is 4.28. The molecule has 1 unspecified atom stereocenters. The molecule has 4 N–H and O–H groups in total. The molecular weight excluding hydrogens is 190 g/mol. The second-order valence-electron chi connectivity index (χ2n) is 3.68. The zero-order chi connectivity index (χ0) is 11.4. The van der Waals surface area contributed by atoms with E-state index >= 15 is 0 Å². The number of rotatable bonds is 0. The van der Waals surface area contributed by atoms with E-state index in [1.54, 1.807) is 0 Å². The maximum atomic E-state index is 8.97. The summed E-state index contributed by atoms with van der Waals surface area (Å²) in [6.45, 7) is 5.80. The first-order chi connectivity index (χ1) is 6.23. The van der Waals surface area contributed by atoms with Gasteiger partial charge in [-0.2, -0.15) is 0 Å². The van der Waals surface area contributed by atoms with E-state index in [1.807, 2.05) is 20.8 Å². The Labute approximate surface area is 83.8 Å². The Kier molecular flexibility index (Phi) is 5.65. The van der Waals surface area contributed by atoms with Crippen molar-refractivity contribution in [1.29, 1.82) is 0 Å². The van der Waals surface area contributed by atoms with Gasteiger partial charge in [0.2, 0.25) is 0 Å². The molecule has 0 aromatic heterocycles. The summed E-state index contributed by atoms with van der Waals surface area (Å²) in [6, 6.07) is 0. The van der Waals surface area contributed by atoms with Crippen molar-refractivity contribution in [3.8, 4) is 0 Å². The molecule has 0 spiro atoms. The molecule has 1 saturated heterocycles. The predicted molar refractivity (Wildman–Crippen MR) is 50.7 cm³/mol. The average Bonchev–Trinajstić information content (AvgIpc) is 1.76. The molecule has 0 aromatic rings. The number of hydrogen-bond acceptors (Lipinski definition) is 6. The molecule has 1 rings (SSSR count). The van der Waals surface area contributed by atoms with Crippen LogP contribution in [-0.4, -0.2) is 46.4 Å². The molecule has 1 atom stereocenters. The average molecular weight is 206 g/mol. The summed E-state index contributed by atoms with van der Waals surface area (Å²) in [4.78, 5) is 0. The van der Waals surface area contributed by atoms with Gasteiger partial charge in [-0.15, -0.1) is 0 Å². The SMILES string of the molecule is CC1CC(C)(C)OB(O)O1.OB(O)O. The highest BCUT2D eigenvalue weighted by atomic mass is 16.7. The molecule has 1 fully saturated rings. The molecule has 1 aliphatic rings. The Morgan fingerprint density at radius 1 is 1.36 bits per heavy atom. The zero-order valence-electron chi connectivity index (χ0n) is 8.54. The Hall–Kier alpha value is -0.110. The minimum Gasteiger partial charge on any atom is -0.402 e. The highest BCUT2D eigenvalue weighted by Gasteiger charge is 2.36. The van der Waals surface area contributed by atoms with E-state index in [2.05, 4.69) is 0 Å². The molecule has 1 aliphatic heterocycles. The lowest BCUT2D eigenvalue weighted by molar-refractivity contribution is -0.0570. The van der Waals surface area contributed by atoms with Crippen LogP contribution in [0.25, 0.3) is 0 Å². The van der Waals surface area contributed by atoms with Crippen molar-refractivity contribution >= 4 is 14.6 Å². The van der Waals surface area contributed by atoms with Crippen LogP contribution in [-0.2, 0) is 9.31 Å². The smallest absolute Gasteiger partial charge is 0.402 e. The van der Waals surface area contributed by atoms with Gasteiger partial charge in [-0.05, 0) is 27.2 Å². The summed E-state index contributed by atoms with van der Waals surface area (Å²) in [5.74, 6) is 0. The summed E-state index contributed by atoms with van der Waals surface area (Å²) in [5, 5.41) is 30.5. The van der Waals surface area contributed by atoms with Crippen molar-refractivity contribution < 1.29 is 29.4 Å². The lowest BCUT2D eigenvalue weighted by Crippen LogP contribution is -2.45. The van der Waals surface area contributed by atoms with Gasteiger partial charge in [0.1, 0.15) is 0 Å². The Bertz CT molecular complexity index is 150. The summed E-state index contributed by atoms with van der Waals surface area (Å²) >= 11 is 0.